The highest BCUT2D eigenvalue weighted by Gasteiger charge is 2.48. The van der Waals surface area contributed by atoms with Crippen molar-refractivity contribution < 1.29 is 44.2 Å². The number of aliphatic carboxylic acids is 1. The molecule has 1 aromatic rings. The largest absolute Gasteiger partial charge is 0.494 e. The molecule has 1 fully saturated rings. The molecule has 1 saturated heterocycles. The monoisotopic (exact) mass is 357 g/mol. The first-order valence-electron chi connectivity index (χ1n) is 7.29. The highest BCUT2D eigenvalue weighted by molar-refractivity contribution is 5.90. The third-order valence-electron chi connectivity index (χ3n) is 3.55. The number of carbonyl (C=O) groups excluding carboxylic acids is 1. The molecule has 0 aromatic heterocycles. The number of hydrogen-bond donors (Lipinski definition) is 5. The molecule has 1 heterocycles. The van der Waals surface area contributed by atoms with Crippen LogP contribution in [-0.4, -0.2) is 70.1 Å². The number of aliphatic hydroxyl groups is 3. The Morgan fingerprint density at radius 1 is 1.16 bits per heavy atom. The van der Waals surface area contributed by atoms with Crippen molar-refractivity contribution in [3.63, 3.8) is 0 Å². The van der Waals surface area contributed by atoms with Gasteiger partial charge in [0.2, 0.25) is 12.2 Å². The summed E-state index contributed by atoms with van der Waals surface area (Å²) in [7, 11) is 1.37. The molecule has 0 bridgehead atoms. The molecule has 0 spiro atoms. The highest BCUT2D eigenvalue weighted by atomic mass is 16.7. The van der Waals surface area contributed by atoms with E-state index in [1.165, 1.54) is 32.2 Å². The maximum absolute atomic E-state index is 11.1. The standard InChI is InChI=1S/C15H19NO9/c1-6(17)16-8-4-3-7(5-9(8)23-2)24-15-12(20)10(18)11(19)13(25-15)14(21)22/h3-5,10-13,15,18-20H,1-2H3,(H,16,17)(H,21,22). The first kappa shape index (κ1) is 18.9. The molecule has 0 radical (unpaired) electrons. The molecular formula is C15H19NO9. The van der Waals surface area contributed by atoms with E-state index < -0.39 is 36.7 Å². The Hall–Kier alpha value is -2.40. The van der Waals surface area contributed by atoms with Crippen molar-refractivity contribution in [3.05, 3.63) is 18.2 Å². The van der Waals surface area contributed by atoms with Gasteiger partial charge in [0.05, 0.1) is 12.8 Å². The van der Waals surface area contributed by atoms with E-state index in [0.29, 0.717) is 5.69 Å². The lowest BCUT2D eigenvalue weighted by atomic mass is 9.99. The van der Waals surface area contributed by atoms with Crippen LogP contribution in [0.25, 0.3) is 0 Å². The van der Waals surface area contributed by atoms with E-state index in [9.17, 15) is 24.9 Å². The lowest BCUT2D eigenvalue weighted by Crippen LogP contribution is -2.61. The second kappa shape index (κ2) is 7.66. The second-order valence-corrected chi connectivity index (χ2v) is 5.40. The number of amides is 1. The van der Waals surface area contributed by atoms with Crippen LogP contribution in [0.15, 0.2) is 18.2 Å². The third-order valence-corrected chi connectivity index (χ3v) is 3.55. The Bertz CT molecular complexity index is 650. The summed E-state index contributed by atoms with van der Waals surface area (Å²) in [6.45, 7) is 1.33. The van der Waals surface area contributed by atoms with Crippen molar-refractivity contribution in [1.82, 2.24) is 0 Å². The SMILES string of the molecule is COc1cc(OC2OC(C(=O)O)C(O)C(O)C2O)ccc1NC(C)=O. The van der Waals surface area contributed by atoms with E-state index in [4.69, 9.17) is 19.3 Å². The van der Waals surface area contributed by atoms with E-state index >= 15 is 0 Å². The van der Waals surface area contributed by atoms with E-state index in [0.717, 1.165) is 0 Å². The van der Waals surface area contributed by atoms with Gasteiger partial charge in [0.25, 0.3) is 0 Å². The van der Waals surface area contributed by atoms with Crippen molar-refractivity contribution in [2.45, 2.75) is 37.6 Å². The van der Waals surface area contributed by atoms with Gasteiger partial charge in [-0.2, -0.15) is 0 Å². The molecular weight excluding hydrogens is 338 g/mol. The molecule has 10 nitrogen and oxygen atoms in total. The Kier molecular flexibility index (Phi) is 5.80. The summed E-state index contributed by atoms with van der Waals surface area (Å²) >= 11 is 0. The first-order valence-corrected chi connectivity index (χ1v) is 7.29. The second-order valence-electron chi connectivity index (χ2n) is 5.40. The summed E-state index contributed by atoms with van der Waals surface area (Å²) in [5.74, 6) is -1.43. The predicted octanol–water partition coefficient (Wildman–Crippen LogP) is -1.08. The van der Waals surface area contributed by atoms with Crippen LogP contribution >= 0.6 is 0 Å². The molecule has 2 rings (SSSR count). The Morgan fingerprint density at radius 3 is 2.40 bits per heavy atom. The number of anilines is 1. The van der Waals surface area contributed by atoms with E-state index in [1.807, 2.05) is 0 Å². The molecule has 25 heavy (non-hydrogen) atoms. The average molecular weight is 357 g/mol. The fourth-order valence-electron chi connectivity index (χ4n) is 2.32. The molecule has 0 saturated carbocycles. The van der Waals surface area contributed by atoms with Gasteiger partial charge in [0.1, 0.15) is 29.8 Å². The normalized spacial score (nSPS) is 28.9. The number of carbonyl (C=O) groups is 2. The van der Waals surface area contributed by atoms with Gasteiger partial charge >= 0.3 is 5.97 Å². The van der Waals surface area contributed by atoms with Gasteiger partial charge in [-0.25, -0.2) is 4.79 Å². The molecule has 10 heteroatoms. The van der Waals surface area contributed by atoms with Crippen LogP contribution in [0.3, 0.4) is 0 Å². The zero-order valence-electron chi connectivity index (χ0n) is 13.4. The van der Waals surface area contributed by atoms with Gasteiger partial charge in [0.15, 0.2) is 6.10 Å². The minimum absolute atomic E-state index is 0.128. The highest BCUT2D eigenvalue weighted by Crippen LogP contribution is 2.31. The minimum atomic E-state index is -1.80. The van der Waals surface area contributed by atoms with Crippen molar-refractivity contribution in [2.75, 3.05) is 12.4 Å². The number of methoxy groups -OCH3 is 1. The van der Waals surface area contributed by atoms with Crippen molar-refractivity contribution >= 4 is 17.6 Å². The van der Waals surface area contributed by atoms with Gasteiger partial charge in [-0.3, -0.25) is 4.79 Å². The summed E-state index contributed by atoms with van der Waals surface area (Å²) < 4.78 is 15.5. The first-order chi connectivity index (χ1) is 11.7. The maximum Gasteiger partial charge on any atom is 0.335 e. The van der Waals surface area contributed by atoms with E-state index in [-0.39, 0.29) is 17.4 Å². The Balaban J connectivity index is 2.20. The number of rotatable bonds is 5. The summed E-state index contributed by atoms with van der Waals surface area (Å²) in [4.78, 5) is 22.2. The number of nitrogens with one attached hydrogen (secondary N) is 1. The van der Waals surface area contributed by atoms with Gasteiger partial charge in [-0.05, 0) is 12.1 Å². The zero-order valence-corrected chi connectivity index (χ0v) is 13.4. The third kappa shape index (κ3) is 4.17. The van der Waals surface area contributed by atoms with E-state index in [1.54, 1.807) is 0 Å². The number of aliphatic hydroxyl groups excluding tert-OH is 3. The maximum atomic E-state index is 11.1. The fraction of sp³-hybridized carbons (Fsp3) is 0.467. The fourth-order valence-corrected chi connectivity index (χ4v) is 2.32. The topological polar surface area (TPSA) is 155 Å². The zero-order chi connectivity index (χ0) is 18.7. The molecule has 1 aliphatic rings. The summed E-state index contributed by atoms with van der Waals surface area (Å²) in [6, 6.07) is 4.29. The lowest BCUT2D eigenvalue weighted by Gasteiger charge is -2.38. The van der Waals surface area contributed by atoms with Gasteiger partial charge in [-0.15, -0.1) is 0 Å². The summed E-state index contributed by atoms with van der Waals surface area (Å²) in [5, 5.41) is 40.9. The average Bonchev–Trinajstić information content (AvgIpc) is 2.55. The van der Waals surface area contributed by atoms with Crippen LogP contribution in [0.5, 0.6) is 11.5 Å². The molecule has 5 atom stereocenters. The van der Waals surface area contributed by atoms with Crippen LogP contribution < -0.4 is 14.8 Å². The Labute approximate surface area is 142 Å². The van der Waals surface area contributed by atoms with Crippen molar-refractivity contribution in [2.24, 2.45) is 0 Å². The van der Waals surface area contributed by atoms with Crippen LogP contribution in [-0.2, 0) is 14.3 Å². The van der Waals surface area contributed by atoms with E-state index in [2.05, 4.69) is 5.32 Å². The molecule has 5 N–H and O–H groups in total. The minimum Gasteiger partial charge on any atom is -0.494 e. The smallest absolute Gasteiger partial charge is 0.335 e. The number of carboxylic acids is 1. The molecule has 1 amide bonds. The molecule has 5 unspecified atom stereocenters. The lowest BCUT2D eigenvalue weighted by molar-refractivity contribution is -0.271. The van der Waals surface area contributed by atoms with Crippen LogP contribution in [0.1, 0.15) is 6.92 Å². The predicted molar refractivity (Wildman–Crippen MR) is 82.2 cm³/mol. The number of carboxylic acid groups (broad SMARTS) is 1. The molecule has 138 valence electrons. The van der Waals surface area contributed by atoms with Gasteiger partial charge < -0.3 is 40.0 Å². The molecule has 1 aromatic carbocycles. The molecule has 1 aliphatic heterocycles. The van der Waals surface area contributed by atoms with Gasteiger partial charge in [-0.1, -0.05) is 0 Å². The van der Waals surface area contributed by atoms with Crippen LogP contribution in [0.4, 0.5) is 5.69 Å². The summed E-state index contributed by atoms with van der Waals surface area (Å²) in [5.41, 5.74) is 0.381. The summed E-state index contributed by atoms with van der Waals surface area (Å²) in [6.07, 6.45) is -8.53. The van der Waals surface area contributed by atoms with Gasteiger partial charge in [0, 0.05) is 13.0 Å². The number of ether oxygens (including phenoxy) is 3. The molecule has 0 aliphatic carbocycles. The van der Waals surface area contributed by atoms with Crippen LogP contribution in [0.2, 0.25) is 0 Å². The van der Waals surface area contributed by atoms with Crippen molar-refractivity contribution in [3.8, 4) is 11.5 Å². The Morgan fingerprint density at radius 2 is 1.84 bits per heavy atom. The van der Waals surface area contributed by atoms with Crippen molar-refractivity contribution in [1.29, 1.82) is 0 Å². The number of benzene rings is 1. The number of hydrogen-bond acceptors (Lipinski definition) is 8. The van der Waals surface area contributed by atoms with Crippen LogP contribution in [0, 0.1) is 0 Å². The quantitative estimate of drug-likeness (QED) is 0.443.